The van der Waals surface area contributed by atoms with E-state index in [0.717, 1.165) is 21.8 Å². The molecule has 3 saturated carbocycles. The summed E-state index contributed by atoms with van der Waals surface area (Å²) >= 11 is -2.49. The number of hydrogen-bond donors (Lipinski definition) is 0. The van der Waals surface area contributed by atoms with Crippen LogP contribution in [0.15, 0.2) is 30.3 Å². The Hall–Kier alpha value is -0.620. The monoisotopic (exact) mass is 484 g/mol. The second kappa shape index (κ2) is 6.72. The number of halogens is 1. The van der Waals surface area contributed by atoms with E-state index >= 15 is 0 Å². The van der Waals surface area contributed by atoms with Gasteiger partial charge in [-0.05, 0) is 0 Å². The van der Waals surface area contributed by atoms with Gasteiger partial charge < -0.3 is 0 Å². The third-order valence-electron chi connectivity index (χ3n) is 8.10. The number of hydrogen-bond acceptors (Lipinski definition) is 3. The summed E-state index contributed by atoms with van der Waals surface area (Å²) in [4.78, 5) is 11.8. The summed E-state index contributed by atoms with van der Waals surface area (Å²) in [7, 11) is 0. The zero-order chi connectivity index (χ0) is 19.4. The van der Waals surface area contributed by atoms with Crippen molar-refractivity contribution in [2.24, 2.45) is 28.6 Å². The Balaban J connectivity index is 1.64. The first-order valence-electron chi connectivity index (χ1n) is 10.3. The molecule has 0 radical (unpaired) electrons. The Morgan fingerprint density at radius 1 is 1.07 bits per heavy atom. The Kier molecular flexibility index (Phi) is 4.90. The standard InChI is InChI=1S/C23H33IO3/c1-16-11-12-19-21(3,4)20-15-23(16,19)14-13-22(20,5)27-24(26-17(2)25)18-9-7-6-8-10-18/h6-10,16,19-20H,11-15H2,1-5H3/t16?,19-,20?,22-,23?/m1/s1. The number of benzene rings is 1. The van der Waals surface area contributed by atoms with Crippen LogP contribution in [0, 0.1) is 32.2 Å². The molecule has 2 bridgehead atoms. The maximum atomic E-state index is 11.8. The summed E-state index contributed by atoms with van der Waals surface area (Å²) in [6.07, 6.45) is 6.37. The Labute approximate surface area is 172 Å². The number of rotatable bonds is 4. The van der Waals surface area contributed by atoms with Crippen LogP contribution in [0.3, 0.4) is 0 Å². The fourth-order valence-corrected chi connectivity index (χ4v) is 10.4. The molecule has 3 fully saturated rings. The molecular formula is C23H33IO3. The van der Waals surface area contributed by atoms with Crippen LogP contribution in [-0.4, -0.2) is 11.6 Å². The fraction of sp³-hybridized carbons (Fsp3) is 0.696. The van der Waals surface area contributed by atoms with Crippen molar-refractivity contribution >= 4 is 26.6 Å². The van der Waals surface area contributed by atoms with E-state index in [9.17, 15) is 4.79 Å². The molecule has 3 aliphatic carbocycles. The molecule has 150 valence electrons. The van der Waals surface area contributed by atoms with Crippen molar-refractivity contribution in [1.29, 1.82) is 0 Å². The van der Waals surface area contributed by atoms with Gasteiger partial charge in [-0.15, -0.1) is 0 Å². The van der Waals surface area contributed by atoms with Gasteiger partial charge in [-0.1, -0.05) is 0 Å². The molecule has 0 amide bonds. The summed E-state index contributed by atoms with van der Waals surface area (Å²) in [6.45, 7) is 11.2. The summed E-state index contributed by atoms with van der Waals surface area (Å²) < 4.78 is 13.7. The molecule has 4 rings (SSSR count). The van der Waals surface area contributed by atoms with Crippen molar-refractivity contribution in [3.05, 3.63) is 33.9 Å². The van der Waals surface area contributed by atoms with Gasteiger partial charge in [0.2, 0.25) is 0 Å². The summed E-state index contributed by atoms with van der Waals surface area (Å²) in [5, 5.41) is 0. The second-order valence-electron chi connectivity index (χ2n) is 9.81. The Bertz CT molecular complexity index is 718. The molecule has 3 aliphatic rings. The predicted octanol–water partition coefficient (Wildman–Crippen LogP) is 6.40. The summed E-state index contributed by atoms with van der Waals surface area (Å²) in [6, 6.07) is 10.1. The number of carbonyl (C=O) groups is 1. The molecule has 3 nitrogen and oxygen atoms in total. The SMILES string of the molecule is CC(=O)OI(O[C@]1(C)CCC23CC1C(C)(C)[C@H]2CCC3C)c1ccccc1. The van der Waals surface area contributed by atoms with Gasteiger partial charge in [0.25, 0.3) is 0 Å². The van der Waals surface area contributed by atoms with Gasteiger partial charge in [0.05, 0.1) is 0 Å². The average Bonchev–Trinajstić information content (AvgIpc) is 3.04. The normalized spacial score (nSPS) is 39.7. The fourth-order valence-electron chi connectivity index (χ4n) is 6.83. The molecule has 0 saturated heterocycles. The second-order valence-corrected chi connectivity index (χ2v) is 13.2. The molecule has 27 heavy (non-hydrogen) atoms. The Morgan fingerprint density at radius 3 is 2.44 bits per heavy atom. The van der Waals surface area contributed by atoms with Gasteiger partial charge >= 0.3 is 172 Å². The van der Waals surface area contributed by atoms with Crippen molar-refractivity contribution in [2.45, 2.75) is 72.3 Å². The third kappa shape index (κ3) is 3.06. The molecule has 0 heterocycles. The van der Waals surface area contributed by atoms with E-state index < -0.39 is 20.6 Å². The van der Waals surface area contributed by atoms with Gasteiger partial charge in [-0.2, -0.15) is 0 Å². The molecule has 0 N–H and O–H groups in total. The van der Waals surface area contributed by atoms with Crippen LogP contribution in [0.1, 0.15) is 66.7 Å². The van der Waals surface area contributed by atoms with Crippen LogP contribution in [0.4, 0.5) is 0 Å². The van der Waals surface area contributed by atoms with Gasteiger partial charge in [0.15, 0.2) is 0 Å². The van der Waals surface area contributed by atoms with Gasteiger partial charge in [-0.3, -0.25) is 0 Å². The molecule has 1 spiro atoms. The van der Waals surface area contributed by atoms with Gasteiger partial charge in [0, 0.05) is 0 Å². The zero-order valence-corrected chi connectivity index (χ0v) is 19.4. The molecular weight excluding hydrogens is 451 g/mol. The minimum absolute atomic E-state index is 0.199. The first-order chi connectivity index (χ1) is 12.7. The number of carbonyl (C=O) groups excluding carboxylic acids is 1. The molecule has 5 atom stereocenters. The number of fused-ring (bicyclic) bond motifs is 1. The molecule has 0 aliphatic heterocycles. The maximum absolute atomic E-state index is 11.8. The topological polar surface area (TPSA) is 35.5 Å². The van der Waals surface area contributed by atoms with Crippen LogP contribution in [-0.2, 0) is 10.9 Å². The van der Waals surface area contributed by atoms with Crippen LogP contribution >= 0.6 is 20.6 Å². The van der Waals surface area contributed by atoms with Crippen LogP contribution in [0.2, 0.25) is 0 Å². The van der Waals surface area contributed by atoms with E-state index in [1.807, 2.05) is 18.2 Å². The van der Waals surface area contributed by atoms with Crippen LogP contribution in [0.25, 0.3) is 0 Å². The molecule has 1 aromatic rings. The predicted molar refractivity (Wildman–Crippen MR) is 116 cm³/mol. The van der Waals surface area contributed by atoms with Gasteiger partial charge in [-0.25, -0.2) is 0 Å². The first kappa shape index (κ1) is 19.7. The van der Waals surface area contributed by atoms with E-state index in [1.54, 1.807) is 0 Å². The molecule has 3 unspecified atom stereocenters. The van der Waals surface area contributed by atoms with E-state index in [0.29, 0.717) is 11.3 Å². The Morgan fingerprint density at radius 2 is 1.78 bits per heavy atom. The van der Waals surface area contributed by atoms with E-state index in [2.05, 4.69) is 39.8 Å². The summed E-state index contributed by atoms with van der Waals surface area (Å²) in [5.74, 6) is 1.94. The molecule has 1 aromatic carbocycles. The van der Waals surface area contributed by atoms with E-state index in [4.69, 9.17) is 6.13 Å². The molecule has 4 heteroatoms. The van der Waals surface area contributed by atoms with E-state index in [-0.39, 0.29) is 17.0 Å². The van der Waals surface area contributed by atoms with Crippen molar-refractivity contribution < 1.29 is 10.9 Å². The first-order valence-corrected chi connectivity index (χ1v) is 13.2. The van der Waals surface area contributed by atoms with E-state index in [1.165, 1.54) is 32.6 Å². The third-order valence-corrected chi connectivity index (χ3v) is 12.3. The zero-order valence-electron chi connectivity index (χ0n) is 17.3. The summed E-state index contributed by atoms with van der Waals surface area (Å²) in [5.41, 5.74) is 0.601. The van der Waals surface area contributed by atoms with Crippen molar-refractivity contribution in [3.8, 4) is 0 Å². The minimum atomic E-state index is -2.49. The van der Waals surface area contributed by atoms with Gasteiger partial charge in [0.1, 0.15) is 0 Å². The van der Waals surface area contributed by atoms with Crippen LogP contribution < -0.4 is 0 Å². The van der Waals surface area contributed by atoms with Crippen molar-refractivity contribution in [1.82, 2.24) is 0 Å². The van der Waals surface area contributed by atoms with Crippen molar-refractivity contribution in [2.75, 3.05) is 0 Å². The quantitative estimate of drug-likeness (QED) is 0.464. The average molecular weight is 484 g/mol. The van der Waals surface area contributed by atoms with Crippen molar-refractivity contribution in [3.63, 3.8) is 0 Å². The molecule has 0 aromatic heterocycles. The van der Waals surface area contributed by atoms with Crippen LogP contribution in [0.5, 0.6) is 0 Å².